The van der Waals surface area contributed by atoms with Crippen molar-refractivity contribution >= 4 is 35.6 Å². The molecule has 0 aliphatic carbocycles. The number of carbonyl (C=O) groups is 3. The summed E-state index contributed by atoms with van der Waals surface area (Å²) in [7, 11) is 0. The van der Waals surface area contributed by atoms with Crippen molar-refractivity contribution in [1.29, 1.82) is 0 Å². The van der Waals surface area contributed by atoms with E-state index in [-0.39, 0.29) is 26.4 Å². The number of unbranched alkanes of at least 4 members (excludes halogenated alkanes) is 1. The highest BCUT2D eigenvalue weighted by Crippen LogP contribution is 2.25. The Morgan fingerprint density at radius 1 is 0.921 bits per heavy atom. The van der Waals surface area contributed by atoms with Gasteiger partial charge in [0, 0.05) is 11.6 Å². The van der Waals surface area contributed by atoms with E-state index in [1.807, 2.05) is 48.6 Å². The monoisotopic (exact) mass is 548 g/mol. The maximum absolute atomic E-state index is 12.5. The lowest BCUT2D eigenvalue weighted by Gasteiger charge is -2.30. The SMILES string of the molecule is CCOC(=O)C(OCCC/C=C/c1ccc(Oc2cccc(Cl)c2)cc1)C(O)(C(=O)OCC)C(=O)OCC. The maximum atomic E-state index is 12.5. The summed E-state index contributed by atoms with van der Waals surface area (Å²) in [6, 6.07) is 14.6. The molecule has 2 aromatic carbocycles. The quantitative estimate of drug-likeness (QED) is 0.146. The maximum Gasteiger partial charge on any atom is 0.353 e. The Bertz CT molecular complexity index is 1060. The predicted octanol–water partition coefficient (Wildman–Crippen LogP) is 4.73. The predicted molar refractivity (Wildman–Crippen MR) is 141 cm³/mol. The topological polar surface area (TPSA) is 118 Å². The summed E-state index contributed by atoms with van der Waals surface area (Å²) in [4.78, 5) is 37.5. The Hall–Kier alpha value is -3.40. The fraction of sp³-hybridized carbons (Fsp3) is 0.393. The number of esters is 3. The van der Waals surface area contributed by atoms with Crippen LogP contribution >= 0.6 is 11.6 Å². The van der Waals surface area contributed by atoms with Gasteiger partial charge in [-0.1, -0.05) is 42.0 Å². The first-order chi connectivity index (χ1) is 18.3. The summed E-state index contributed by atoms with van der Waals surface area (Å²) in [6.07, 6.45) is 2.83. The molecule has 0 aliphatic heterocycles. The number of halogens is 1. The molecule has 0 heterocycles. The molecule has 0 aliphatic rings. The van der Waals surface area contributed by atoms with Gasteiger partial charge >= 0.3 is 17.9 Å². The van der Waals surface area contributed by atoms with Crippen molar-refractivity contribution in [2.75, 3.05) is 26.4 Å². The Kier molecular flexibility index (Phi) is 12.8. The molecular formula is C28H33ClO9. The van der Waals surface area contributed by atoms with Crippen LogP contribution in [0.3, 0.4) is 0 Å². The molecule has 0 saturated heterocycles. The fourth-order valence-electron chi connectivity index (χ4n) is 3.29. The highest BCUT2D eigenvalue weighted by Gasteiger charge is 2.58. The Labute approximate surface area is 227 Å². The molecule has 0 radical (unpaired) electrons. The first-order valence-electron chi connectivity index (χ1n) is 12.3. The molecule has 0 bridgehead atoms. The lowest BCUT2D eigenvalue weighted by Crippen LogP contribution is -2.61. The van der Waals surface area contributed by atoms with Crippen molar-refractivity contribution in [2.24, 2.45) is 0 Å². The van der Waals surface area contributed by atoms with Crippen molar-refractivity contribution in [3.05, 3.63) is 65.2 Å². The van der Waals surface area contributed by atoms with Crippen molar-refractivity contribution in [3.63, 3.8) is 0 Å². The number of aliphatic hydroxyl groups is 1. The van der Waals surface area contributed by atoms with Crippen molar-refractivity contribution < 1.29 is 43.2 Å². The molecule has 2 aromatic rings. The molecule has 0 saturated carbocycles. The molecule has 2 rings (SSSR count). The van der Waals surface area contributed by atoms with Gasteiger partial charge in [-0.05, 0) is 69.5 Å². The second-order valence-electron chi connectivity index (χ2n) is 7.88. The third-order valence-electron chi connectivity index (χ3n) is 5.08. The zero-order valence-electron chi connectivity index (χ0n) is 21.7. The highest BCUT2D eigenvalue weighted by molar-refractivity contribution is 6.30. The second-order valence-corrected chi connectivity index (χ2v) is 8.32. The van der Waals surface area contributed by atoms with Crippen LogP contribution in [0, 0.1) is 0 Å². The van der Waals surface area contributed by atoms with E-state index >= 15 is 0 Å². The third-order valence-corrected chi connectivity index (χ3v) is 5.31. The number of ether oxygens (including phenoxy) is 5. The van der Waals surface area contributed by atoms with E-state index in [4.69, 9.17) is 35.3 Å². The summed E-state index contributed by atoms with van der Waals surface area (Å²) in [5.74, 6) is -2.47. The Morgan fingerprint density at radius 2 is 1.55 bits per heavy atom. The van der Waals surface area contributed by atoms with Gasteiger partial charge < -0.3 is 28.8 Å². The lowest BCUT2D eigenvalue weighted by molar-refractivity contribution is -0.208. The number of allylic oxidation sites excluding steroid dienone is 1. The number of hydrogen-bond donors (Lipinski definition) is 1. The second kappa shape index (κ2) is 15.8. The number of rotatable bonds is 15. The molecular weight excluding hydrogens is 516 g/mol. The highest BCUT2D eigenvalue weighted by atomic mass is 35.5. The molecule has 1 atom stereocenters. The standard InChI is InChI=1S/C28H33ClO9/c1-4-34-25(30)24(28(33,26(31)35-5-2)27(32)36-6-3)37-18-9-7-8-11-20-14-16-22(17-15-20)38-23-13-10-12-21(29)19-23/h8,10-17,19,24,33H,4-7,9,18H2,1-3H3/b11-8+. The number of carbonyl (C=O) groups excluding carboxylic acids is 3. The summed E-state index contributed by atoms with van der Waals surface area (Å²) in [5, 5.41) is 11.5. The van der Waals surface area contributed by atoms with Gasteiger partial charge in [-0.2, -0.15) is 0 Å². The molecule has 0 aromatic heterocycles. The van der Waals surface area contributed by atoms with Crippen LogP contribution in [0.4, 0.5) is 0 Å². The Balaban J connectivity index is 1.97. The van der Waals surface area contributed by atoms with Crippen LogP contribution in [0.5, 0.6) is 11.5 Å². The van der Waals surface area contributed by atoms with E-state index < -0.39 is 29.6 Å². The van der Waals surface area contributed by atoms with Crippen molar-refractivity contribution in [2.45, 2.75) is 45.3 Å². The van der Waals surface area contributed by atoms with Crippen LogP contribution < -0.4 is 4.74 Å². The van der Waals surface area contributed by atoms with Crippen molar-refractivity contribution in [3.8, 4) is 11.5 Å². The van der Waals surface area contributed by atoms with E-state index in [9.17, 15) is 19.5 Å². The van der Waals surface area contributed by atoms with Crippen LogP contribution in [0.15, 0.2) is 54.6 Å². The summed E-state index contributed by atoms with van der Waals surface area (Å²) < 4.78 is 25.8. The smallest absolute Gasteiger partial charge is 0.353 e. The summed E-state index contributed by atoms with van der Waals surface area (Å²) in [5.41, 5.74) is -2.06. The zero-order valence-corrected chi connectivity index (χ0v) is 22.4. The van der Waals surface area contributed by atoms with E-state index in [1.54, 1.807) is 19.1 Å². The van der Waals surface area contributed by atoms with Gasteiger partial charge in [-0.25, -0.2) is 14.4 Å². The van der Waals surface area contributed by atoms with Crippen LogP contribution in [0.2, 0.25) is 5.02 Å². The Morgan fingerprint density at radius 3 is 2.13 bits per heavy atom. The first kappa shape index (κ1) is 30.8. The minimum absolute atomic E-state index is 0.0495. The van der Waals surface area contributed by atoms with Gasteiger partial charge in [0.15, 0.2) is 0 Å². The number of benzene rings is 2. The molecule has 0 spiro atoms. The van der Waals surface area contributed by atoms with Crippen LogP contribution in [-0.4, -0.2) is 61.1 Å². The molecule has 0 amide bonds. The fourth-order valence-corrected chi connectivity index (χ4v) is 3.47. The largest absolute Gasteiger partial charge is 0.464 e. The van der Waals surface area contributed by atoms with E-state index in [0.717, 1.165) is 5.56 Å². The molecule has 1 unspecified atom stereocenters. The third kappa shape index (κ3) is 8.86. The average molecular weight is 549 g/mol. The van der Waals surface area contributed by atoms with Crippen molar-refractivity contribution in [1.82, 2.24) is 0 Å². The first-order valence-corrected chi connectivity index (χ1v) is 12.7. The molecule has 10 heteroatoms. The molecule has 1 N–H and O–H groups in total. The van der Waals surface area contributed by atoms with Crippen LogP contribution in [0.1, 0.15) is 39.2 Å². The molecule has 38 heavy (non-hydrogen) atoms. The normalized spacial score (nSPS) is 12.1. The van der Waals surface area contributed by atoms with Gasteiger partial charge in [-0.3, -0.25) is 0 Å². The van der Waals surface area contributed by atoms with E-state index in [0.29, 0.717) is 29.4 Å². The van der Waals surface area contributed by atoms with E-state index in [1.165, 1.54) is 13.8 Å². The number of hydrogen-bond acceptors (Lipinski definition) is 9. The van der Waals surface area contributed by atoms with Gasteiger partial charge in [0.05, 0.1) is 19.8 Å². The van der Waals surface area contributed by atoms with E-state index in [2.05, 4.69) is 0 Å². The molecule has 206 valence electrons. The van der Waals surface area contributed by atoms with Gasteiger partial charge in [0.2, 0.25) is 6.10 Å². The van der Waals surface area contributed by atoms with Gasteiger partial charge in [0.25, 0.3) is 5.60 Å². The summed E-state index contributed by atoms with van der Waals surface area (Å²) >= 11 is 5.98. The van der Waals surface area contributed by atoms with Crippen LogP contribution in [-0.2, 0) is 33.3 Å². The molecule has 9 nitrogen and oxygen atoms in total. The van der Waals surface area contributed by atoms with Gasteiger partial charge in [0.1, 0.15) is 11.5 Å². The van der Waals surface area contributed by atoms with Crippen LogP contribution in [0.25, 0.3) is 6.08 Å². The minimum atomic E-state index is -3.00. The lowest BCUT2D eigenvalue weighted by atomic mass is 9.96. The average Bonchev–Trinajstić information content (AvgIpc) is 2.89. The summed E-state index contributed by atoms with van der Waals surface area (Å²) in [6.45, 7) is 4.17. The zero-order chi connectivity index (χ0) is 28.0. The minimum Gasteiger partial charge on any atom is -0.464 e. The van der Waals surface area contributed by atoms with Gasteiger partial charge in [-0.15, -0.1) is 0 Å². The molecule has 0 fully saturated rings.